The number of halogens is 1. The second-order valence-electron chi connectivity index (χ2n) is 2.79. The zero-order chi connectivity index (χ0) is 9.68. The molecule has 0 fully saturated rings. The van der Waals surface area contributed by atoms with Crippen molar-refractivity contribution in [1.29, 1.82) is 5.26 Å². The molecule has 1 rings (SSSR count). The van der Waals surface area contributed by atoms with Gasteiger partial charge in [-0.1, -0.05) is 28.1 Å². The summed E-state index contributed by atoms with van der Waals surface area (Å²) in [6.45, 7) is 0.687. The van der Waals surface area contributed by atoms with E-state index in [0.717, 1.165) is 10.0 Å². The van der Waals surface area contributed by atoms with Crippen LogP contribution < -0.4 is 5.32 Å². The Morgan fingerprint density at radius 3 is 2.92 bits per heavy atom. The van der Waals surface area contributed by atoms with E-state index >= 15 is 0 Å². The fourth-order valence-corrected chi connectivity index (χ4v) is 1.58. The van der Waals surface area contributed by atoms with Crippen LogP contribution in [-0.2, 0) is 0 Å². The highest BCUT2D eigenvalue weighted by molar-refractivity contribution is 9.10. The van der Waals surface area contributed by atoms with E-state index in [1.165, 1.54) is 0 Å². The van der Waals surface area contributed by atoms with Crippen LogP contribution in [0, 0.1) is 11.3 Å². The number of nitriles is 1. The molecule has 1 aromatic carbocycles. The Hall–Kier alpha value is -0.850. The van der Waals surface area contributed by atoms with E-state index in [1.54, 1.807) is 0 Å². The smallest absolute Gasteiger partial charge is 0.0837 e. The topological polar surface area (TPSA) is 35.8 Å². The van der Waals surface area contributed by atoms with Gasteiger partial charge in [-0.05, 0) is 24.7 Å². The van der Waals surface area contributed by atoms with Gasteiger partial charge in [0.2, 0.25) is 0 Å². The zero-order valence-electron chi connectivity index (χ0n) is 7.42. The van der Waals surface area contributed by atoms with Crippen LogP contribution in [0.5, 0.6) is 0 Å². The number of nitrogens with zero attached hydrogens (tertiary/aromatic N) is 1. The Labute approximate surface area is 86.7 Å². The minimum absolute atomic E-state index is 0.0671. The molecule has 0 bridgehead atoms. The van der Waals surface area contributed by atoms with Crippen molar-refractivity contribution >= 4 is 15.9 Å². The lowest BCUT2D eigenvalue weighted by atomic mass is 10.0. The number of rotatable bonds is 3. The molecule has 0 aromatic heterocycles. The maximum absolute atomic E-state index is 8.90. The molecule has 0 saturated carbocycles. The summed E-state index contributed by atoms with van der Waals surface area (Å²) in [4.78, 5) is 0. The van der Waals surface area contributed by atoms with Crippen LogP contribution >= 0.6 is 15.9 Å². The Bertz CT molecular complexity index is 317. The standard InChI is InChI=1S/C10H11BrN2/c1-13-7-9(6-12)8-3-2-4-10(11)5-8/h2-5,9,13H,7H2,1H3. The molecule has 0 aliphatic heterocycles. The van der Waals surface area contributed by atoms with Gasteiger partial charge in [-0.3, -0.25) is 0 Å². The van der Waals surface area contributed by atoms with Crippen LogP contribution in [0.15, 0.2) is 28.7 Å². The minimum Gasteiger partial charge on any atom is -0.318 e. The van der Waals surface area contributed by atoms with Crippen LogP contribution in [0.2, 0.25) is 0 Å². The fraction of sp³-hybridized carbons (Fsp3) is 0.300. The summed E-state index contributed by atoms with van der Waals surface area (Å²) in [6.07, 6.45) is 0. The molecule has 0 heterocycles. The van der Waals surface area contributed by atoms with Crippen molar-refractivity contribution in [2.24, 2.45) is 0 Å². The van der Waals surface area contributed by atoms with Crippen LogP contribution in [-0.4, -0.2) is 13.6 Å². The molecule has 1 N–H and O–H groups in total. The lowest BCUT2D eigenvalue weighted by molar-refractivity contribution is 0.733. The molecule has 1 aromatic rings. The molecule has 1 unspecified atom stereocenters. The average Bonchev–Trinajstić information content (AvgIpc) is 2.14. The first kappa shape index (κ1) is 10.2. The molecule has 3 heteroatoms. The third-order valence-corrected chi connectivity index (χ3v) is 2.31. The summed E-state index contributed by atoms with van der Waals surface area (Å²) in [6, 6.07) is 10.1. The van der Waals surface area contributed by atoms with E-state index in [9.17, 15) is 0 Å². The van der Waals surface area contributed by atoms with Crippen molar-refractivity contribution in [3.05, 3.63) is 34.3 Å². The molecular formula is C10H11BrN2. The van der Waals surface area contributed by atoms with Gasteiger partial charge in [0, 0.05) is 11.0 Å². The van der Waals surface area contributed by atoms with Crippen molar-refractivity contribution in [1.82, 2.24) is 5.32 Å². The van der Waals surface area contributed by atoms with E-state index in [1.807, 2.05) is 31.3 Å². The van der Waals surface area contributed by atoms with Crippen LogP contribution in [0.4, 0.5) is 0 Å². The maximum Gasteiger partial charge on any atom is 0.0837 e. The van der Waals surface area contributed by atoms with E-state index in [2.05, 4.69) is 27.3 Å². The Kier molecular flexibility index (Phi) is 3.94. The zero-order valence-corrected chi connectivity index (χ0v) is 9.01. The lowest BCUT2D eigenvalue weighted by Crippen LogP contribution is -2.15. The first-order valence-electron chi connectivity index (χ1n) is 4.07. The van der Waals surface area contributed by atoms with Crippen LogP contribution in [0.3, 0.4) is 0 Å². The Balaban J connectivity index is 2.86. The van der Waals surface area contributed by atoms with Gasteiger partial charge in [0.15, 0.2) is 0 Å². The van der Waals surface area contributed by atoms with Gasteiger partial charge < -0.3 is 5.32 Å². The summed E-state index contributed by atoms with van der Waals surface area (Å²) < 4.78 is 1.02. The molecule has 0 aliphatic carbocycles. The molecule has 1 atom stereocenters. The molecule has 0 aliphatic rings. The molecule has 0 saturated heterocycles. The average molecular weight is 239 g/mol. The van der Waals surface area contributed by atoms with E-state index < -0.39 is 0 Å². The van der Waals surface area contributed by atoms with Crippen LogP contribution in [0.1, 0.15) is 11.5 Å². The SMILES string of the molecule is CNCC(C#N)c1cccc(Br)c1. The fourth-order valence-electron chi connectivity index (χ4n) is 1.17. The quantitative estimate of drug-likeness (QED) is 0.878. The number of benzene rings is 1. The summed E-state index contributed by atoms with van der Waals surface area (Å²) in [7, 11) is 1.85. The first-order valence-corrected chi connectivity index (χ1v) is 4.87. The minimum atomic E-state index is -0.0671. The molecule has 0 amide bonds. The first-order chi connectivity index (χ1) is 6.27. The van der Waals surface area contributed by atoms with Gasteiger partial charge in [-0.2, -0.15) is 5.26 Å². The van der Waals surface area contributed by atoms with E-state index in [0.29, 0.717) is 6.54 Å². The molecule has 13 heavy (non-hydrogen) atoms. The summed E-state index contributed by atoms with van der Waals surface area (Å²) >= 11 is 3.38. The highest BCUT2D eigenvalue weighted by Gasteiger charge is 2.08. The number of likely N-dealkylation sites (N-methyl/N-ethyl adjacent to an activating group) is 1. The van der Waals surface area contributed by atoms with Crippen molar-refractivity contribution in [2.45, 2.75) is 5.92 Å². The summed E-state index contributed by atoms with van der Waals surface area (Å²) in [5.41, 5.74) is 1.05. The third kappa shape index (κ3) is 2.83. The van der Waals surface area contributed by atoms with Gasteiger partial charge in [0.1, 0.15) is 0 Å². The van der Waals surface area contributed by atoms with Gasteiger partial charge in [0.25, 0.3) is 0 Å². The van der Waals surface area contributed by atoms with Crippen molar-refractivity contribution < 1.29 is 0 Å². The van der Waals surface area contributed by atoms with Crippen LogP contribution in [0.25, 0.3) is 0 Å². The highest BCUT2D eigenvalue weighted by Crippen LogP contribution is 2.18. The Morgan fingerprint density at radius 2 is 2.38 bits per heavy atom. The number of nitrogens with one attached hydrogen (secondary N) is 1. The highest BCUT2D eigenvalue weighted by atomic mass is 79.9. The molecule has 68 valence electrons. The van der Waals surface area contributed by atoms with E-state index in [-0.39, 0.29) is 5.92 Å². The largest absolute Gasteiger partial charge is 0.318 e. The monoisotopic (exact) mass is 238 g/mol. The molecule has 0 radical (unpaired) electrons. The predicted molar refractivity (Wildman–Crippen MR) is 56.4 cm³/mol. The van der Waals surface area contributed by atoms with Crippen molar-refractivity contribution in [3.8, 4) is 6.07 Å². The second-order valence-corrected chi connectivity index (χ2v) is 3.71. The number of hydrogen-bond acceptors (Lipinski definition) is 2. The van der Waals surface area contributed by atoms with Crippen molar-refractivity contribution in [3.63, 3.8) is 0 Å². The van der Waals surface area contributed by atoms with Crippen molar-refractivity contribution in [2.75, 3.05) is 13.6 Å². The van der Waals surface area contributed by atoms with E-state index in [4.69, 9.17) is 5.26 Å². The molecular weight excluding hydrogens is 228 g/mol. The van der Waals surface area contributed by atoms with Gasteiger partial charge >= 0.3 is 0 Å². The Morgan fingerprint density at radius 1 is 1.62 bits per heavy atom. The maximum atomic E-state index is 8.90. The van der Waals surface area contributed by atoms with Gasteiger partial charge in [0.05, 0.1) is 12.0 Å². The number of hydrogen-bond donors (Lipinski definition) is 1. The normalized spacial score (nSPS) is 12.1. The molecule has 0 spiro atoms. The lowest BCUT2D eigenvalue weighted by Gasteiger charge is -2.08. The summed E-state index contributed by atoms with van der Waals surface area (Å²) in [5.74, 6) is -0.0671. The van der Waals surface area contributed by atoms with Gasteiger partial charge in [-0.15, -0.1) is 0 Å². The predicted octanol–water partition coefficient (Wildman–Crippen LogP) is 2.28. The molecule has 2 nitrogen and oxygen atoms in total. The second kappa shape index (κ2) is 5.00. The summed E-state index contributed by atoms with van der Waals surface area (Å²) in [5, 5.41) is 11.9. The third-order valence-electron chi connectivity index (χ3n) is 1.82. The van der Waals surface area contributed by atoms with Gasteiger partial charge in [-0.25, -0.2) is 0 Å².